The van der Waals surface area contributed by atoms with Crippen molar-refractivity contribution in [2.45, 2.75) is 19.9 Å². The van der Waals surface area contributed by atoms with Crippen LogP contribution in [0.1, 0.15) is 13.3 Å². The van der Waals surface area contributed by atoms with Crippen molar-refractivity contribution >= 4 is 27.5 Å². The van der Waals surface area contributed by atoms with E-state index in [-0.39, 0.29) is 11.5 Å². The van der Waals surface area contributed by atoms with E-state index >= 15 is 0 Å². The zero-order chi connectivity index (χ0) is 12.3. The van der Waals surface area contributed by atoms with Crippen LogP contribution in [0, 0.1) is 0 Å². The topological polar surface area (TPSA) is 64.0 Å². The van der Waals surface area contributed by atoms with Crippen LogP contribution in [-0.4, -0.2) is 22.0 Å². The number of aromatic nitrogens is 2. The van der Waals surface area contributed by atoms with E-state index in [0.29, 0.717) is 29.7 Å². The second-order valence-electron chi connectivity index (χ2n) is 3.58. The van der Waals surface area contributed by atoms with E-state index in [0.717, 1.165) is 0 Å². The molecule has 0 bridgehead atoms. The maximum absolute atomic E-state index is 12.0. The van der Waals surface area contributed by atoms with Crippen LogP contribution in [0.4, 0.5) is 0 Å². The molecule has 0 aromatic carbocycles. The zero-order valence-electron chi connectivity index (χ0n) is 9.47. The SMILES string of the molecule is CCNC(=O)CCn1cnc2ccsc2c1=O. The van der Waals surface area contributed by atoms with Crippen molar-refractivity contribution in [1.82, 2.24) is 14.9 Å². The third-order valence-corrected chi connectivity index (χ3v) is 3.28. The number of fused-ring (bicyclic) bond motifs is 1. The van der Waals surface area contributed by atoms with Crippen LogP contribution in [0.5, 0.6) is 0 Å². The Hall–Kier alpha value is -1.69. The maximum Gasteiger partial charge on any atom is 0.271 e. The van der Waals surface area contributed by atoms with Gasteiger partial charge >= 0.3 is 0 Å². The van der Waals surface area contributed by atoms with Gasteiger partial charge in [0, 0.05) is 19.5 Å². The van der Waals surface area contributed by atoms with Gasteiger partial charge in [-0.05, 0) is 18.4 Å². The summed E-state index contributed by atoms with van der Waals surface area (Å²) in [5.41, 5.74) is 0.642. The Morgan fingerprint density at radius 3 is 3.18 bits per heavy atom. The molecule has 0 aliphatic heterocycles. The van der Waals surface area contributed by atoms with Gasteiger partial charge in [-0.25, -0.2) is 4.98 Å². The highest BCUT2D eigenvalue weighted by Crippen LogP contribution is 2.13. The molecule has 0 aliphatic rings. The summed E-state index contributed by atoms with van der Waals surface area (Å²) < 4.78 is 2.12. The molecule has 90 valence electrons. The van der Waals surface area contributed by atoms with Crippen LogP contribution in [0.2, 0.25) is 0 Å². The van der Waals surface area contributed by atoms with Crippen molar-refractivity contribution in [3.63, 3.8) is 0 Å². The lowest BCUT2D eigenvalue weighted by Gasteiger charge is -2.05. The Morgan fingerprint density at radius 2 is 2.41 bits per heavy atom. The quantitative estimate of drug-likeness (QED) is 0.881. The molecule has 0 saturated carbocycles. The molecular formula is C11H13N3O2S. The smallest absolute Gasteiger partial charge is 0.271 e. The number of hydrogen-bond donors (Lipinski definition) is 1. The summed E-state index contributed by atoms with van der Waals surface area (Å²) in [5.74, 6) is -0.0503. The third-order valence-electron chi connectivity index (χ3n) is 2.39. The van der Waals surface area contributed by atoms with Crippen molar-refractivity contribution in [2.24, 2.45) is 0 Å². The summed E-state index contributed by atoms with van der Waals surface area (Å²) in [6.45, 7) is 2.84. The van der Waals surface area contributed by atoms with Gasteiger partial charge in [-0.3, -0.25) is 14.2 Å². The number of hydrogen-bond acceptors (Lipinski definition) is 4. The molecule has 0 aliphatic carbocycles. The van der Waals surface area contributed by atoms with Gasteiger partial charge in [-0.1, -0.05) is 0 Å². The Labute approximate surface area is 102 Å². The molecule has 1 N–H and O–H groups in total. The van der Waals surface area contributed by atoms with Crippen LogP contribution in [0.15, 0.2) is 22.6 Å². The highest BCUT2D eigenvalue weighted by atomic mass is 32.1. The average Bonchev–Trinajstić information content (AvgIpc) is 2.77. The number of rotatable bonds is 4. The van der Waals surface area contributed by atoms with Crippen molar-refractivity contribution in [3.8, 4) is 0 Å². The van der Waals surface area contributed by atoms with E-state index in [9.17, 15) is 9.59 Å². The molecule has 5 nitrogen and oxygen atoms in total. The van der Waals surface area contributed by atoms with Gasteiger partial charge in [0.1, 0.15) is 4.70 Å². The van der Waals surface area contributed by atoms with Gasteiger partial charge in [-0.2, -0.15) is 0 Å². The molecule has 2 aromatic heterocycles. The molecule has 2 rings (SSSR count). The number of nitrogens with zero attached hydrogens (tertiary/aromatic N) is 2. The van der Waals surface area contributed by atoms with Crippen LogP contribution in [-0.2, 0) is 11.3 Å². The summed E-state index contributed by atoms with van der Waals surface area (Å²) in [6, 6.07) is 1.82. The van der Waals surface area contributed by atoms with Gasteiger partial charge in [0.2, 0.25) is 5.91 Å². The molecule has 0 radical (unpaired) electrons. The fourth-order valence-corrected chi connectivity index (χ4v) is 2.34. The van der Waals surface area contributed by atoms with Gasteiger partial charge in [0.25, 0.3) is 5.56 Å². The number of aryl methyl sites for hydroxylation is 1. The lowest BCUT2D eigenvalue weighted by Crippen LogP contribution is -2.27. The minimum atomic E-state index is -0.0747. The first-order valence-corrected chi connectivity index (χ1v) is 6.29. The van der Waals surface area contributed by atoms with Gasteiger partial charge in [0.05, 0.1) is 11.8 Å². The molecule has 0 saturated heterocycles. The molecular weight excluding hydrogens is 238 g/mol. The number of amides is 1. The molecule has 0 unspecified atom stereocenters. The minimum Gasteiger partial charge on any atom is -0.356 e. The van der Waals surface area contributed by atoms with Gasteiger partial charge in [-0.15, -0.1) is 11.3 Å². The lowest BCUT2D eigenvalue weighted by molar-refractivity contribution is -0.121. The first-order valence-electron chi connectivity index (χ1n) is 5.41. The number of carbonyl (C=O) groups is 1. The first kappa shape index (κ1) is 11.8. The Morgan fingerprint density at radius 1 is 1.59 bits per heavy atom. The van der Waals surface area contributed by atoms with Crippen molar-refractivity contribution < 1.29 is 4.79 Å². The molecule has 6 heteroatoms. The highest BCUT2D eigenvalue weighted by Gasteiger charge is 2.06. The number of thiophene rings is 1. The molecule has 1 amide bonds. The fraction of sp³-hybridized carbons (Fsp3) is 0.364. The second kappa shape index (κ2) is 5.09. The largest absolute Gasteiger partial charge is 0.356 e. The Bertz CT molecular complexity index is 588. The summed E-state index contributed by atoms with van der Waals surface area (Å²) in [5, 5.41) is 4.54. The van der Waals surface area contributed by atoms with E-state index in [4.69, 9.17) is 0 Å². The lowest BCUT2D eigenvalue weighted by atomic mass is 10.4. The summed E-state index contributed by atoms with van der Waals surface area (Å²) in [6.07, 6.45) is 1.79. The summed E-state index contributed by atoms with van der Waals surface area (Å²) >= 11 is 1.38. The monoisotopic (exact) mass is 251 g/mol. The average molecular weight is 251 g/mol. The molecule has 0 spiro atoms. The van der Waals surface area contributed by atoms with E-state index in [1.54, 1.807) is 0 Å². The van der Waals surface area contributed by atoms with Crippen LogP contribution >= 0.6 is 11.3 Å². The third kappa shape index (κ3) is 2.52. The molecule has 0 atom stereocenters. The summed E-state index contributed by atoms with van der Waals surface area (Å²) in [7, 11) is 0. The predicted octanol–water partition coefficient (Wildman–Crippen LogP) is 0.984. The van der Waals surface area contributed by atoms with E-state index < -0.39 is 0 Å². The van der Waals surface area contributed by atoms with E-state index in [2.05, 4.69) is 10.3 Å². The Balaban J connectivity index is 2.16. The predicted molar refractivity (Wildman–Crippen MR) is 67.2 cm³/mol. The molecule has 2 heterocycles. The van der Waals surface area contributed by atoms with Crippen LogP contribution in [0.25, 0.3) is 10.2 Å². The van der Waals surface area contributed by atoms with E-state index in [1.807, 2.05) is 18.4 Å². The molecule has 17 heavy (non-hydrogen) atoms. The van der Waals surface area contributed by atoms with Crippen LogP contribution in [0.3, 0.4) is 0 Å². The van der Waals surface area contributed by atoms with Crippen molar-refractivity contribution in [3.05, 3.63) is 28.1 Å². The standard InChI is InChI=1S/C11H13N3O2S/c1-2-12-9(15)3-5-14-7-13-8-4-6-17-10(8)11(14)16/h4,6-7H,2-3,5H2,1H3,(H,12,15). The minimum absolute atomic E-state index is 0.0503. The van der Waals surface area contributed by atoms with Crippen LogP contribution < -0.4 is 10.9 Å². The van der Waals surface area contributed by atoms with Gasteiger partial charge in [0.15, 0.2) is 0 Å². The maximum atomic E-state index is 12.0. The normalized spacial score (nSPS) is 10.6. The Kier molecular flexibility index (Phi) is 3.53. The number of nitrogens with one attached hydrogen (secondary N) is 1. The number of carbonyl (C=O) groups excluding carboxylic acids is 1. The summed E-state index contributed by atoms with van der Waals surface area (Å²) in [4.78, 5) is 27.4. The van der Waals surface area contributed by atoms with Crippen molar-refractivity contribution in [1.29, 1.82) is 0 Å². The highest BCUT2D eigenvalue weighted by molar-refractivity contribution is 7.17. The molecule has 0 fully saturated rings. The van der Waals surface area contributed by atoms with Gasteiger partial charge < -0.3 is 5.32 Å². The van der Waals surface area contributed by atoms with E-state index in [1.165, 1.54) is 22.2 Å². The zero-order valence-corrected chi connectivity index (χ0v) is 10.3. The molecule has 2 aromatic rings. The second-order valence-corrected chi connectivity index (χ2v) is 4.50. The van der Waals surface area contributed by atoms with Crippen molar-refractivity contribution in [2.75, 3.05) is 6.54 Å². The first-order chi connectivity index (χ1) is 8.22. The fourth-order valence-electron chi connectivity index (χ4n) is 1.55.